The highest BCUT2D eigenvalue weighted by atomic mass is 32.2. The van der Waals surface area contributed by atoms with Crippen LogP contribution < -0.4 is 0 Å². The van der Waals surface area contributed by atoms with Crippen LogP contribution >= 0.6 is 11.8 Å². The maximum absolute atomic E-state index is 12.9. The molecule has 1 amide bonds. The molecule has 1 aliphatic heterocycles. The molecule has 132 valence electrons. The average Bonchev–Trinajstić information content (AvgIpc) is 3.36. The summed E-state index contributed by atoms with van der Waals surface area (Å²) in [5.41, 5.74) is 1.22. The smallest absolute Gasteiger partial charge is 0.237 e. The van der Waals surface area contributed by atoms with E-state index in [1.165, 1.54) is 10.5 Å². The fourth-order valence-corrected chi connectivity index (χ4v) is 3.84. The van der Waals surface area contributed by atoms with Crippen LogP contribution in [0.5, 0.6) is 0 Å². The second-order valence-corrected chi connectivity index (χ2v) is 7.93. The van der Waals surface area contributed by atoms with Gasteiger partial charge in [0, 0.05) is 30.6 Å². The van der Waals surface area contributed by atoms with Gasteiger partial charge in [-0.1, -0.05) is 12.1 Å². The Labute approximate surface area is 149 Å². The second kappa shape index (κ2) is 7.89. The monoisotopic (exact) mass is 348 g/mol. The molecule has 0 spiro atoms. The maximum atomic E-state index is 12.9. The van der Waals surface area contributed by atoms with Crippen LogP contribution in [-0.2, 0) is 16.1 Å². The van der Waals surface area contributed by atoms with Gasteiger partial charge in [-0.15, -0.1) is 11.8 Å². The molecule has 0 aromatic heterocycles. The second-order valence-electron chi connectivity index (χ2n) is 7.05. The van der Waals surface area contributed by atoms with Crippen LogP contribution in [0.15, 0.2) is 29.2 Å². The number of thioether (sulfide) groups is 1. The zero-order chi connectivity index (χ0) is 17.1. The van der Waals surface area contributed by atoms with Gasteiger partial charge in [0.1, 0.15) is 0 Å². The van der Waals surface area contributed by atoms with Crippen LogP contribution in [-0.4, -0.2) is 59.8 Å². The molecule has 0 radical (unpaired) electrons. The third-order valence-corrected chi connectivity index (χ3v) is 5.42. The average molecular weight is 349 g/mol. The molecule has 2 aliphatic rings. The number of carbonyl (C=O) groups excluding carboxylic acids is 1. The molecule has 0 bridgehead atoms. The van der Waals surface area contributed by atoms with Crippen LogP contribution in [0.2, 0.25) is 0 Å². The lowest BCUT2D eigenvalue weighted by atomic mass is 10.2. The van der Waals surface area contributed by atoms with E-state index < -0.39 is 0 Å². The van der Waals surface area contributed by atoms with E-state index in [2.05, 4.69) is 54.2 Å². The number of carbonyl (C=O) groups is 1. The Morgan fingerprint density at radius 3 is 2.38 bits per heavy atom. The van der Waals surface area contributed by atoms with Gasteiger partial charge in [0.25, 0.3) is 0 Å². The largest absolute Gasteiger partial charge is 0.373 e. The van der Waals surface area contributed by atoms with E-state index in [1.54, 1.807) is 11.8 Å². The highest BCUT2D eigenvalue weighted by molar-refractivity contribution is 7.98. The highest BCUT2D eigenvalue weighted by Gasteiger charge is 2.34. The molecule has 4 nitrogen and oxygen atoms in total. The summed E-state index contributed by atoms with van der Waals surface area (Å²) in [4.78, 5) is 18.5. The fraction of sp³-hybridized carbons (Fsp3) is 0.632. The minimum absolute atomic E-state index is 0.204. The number of benzene rings is 1. The van der Waals surface area contributed by atoms with Crippen molar-refractivity contribution in [3.63, 3.8) is 0 Å². The minimum atomic E-state index is 0.204. The molecule has 5 heteroatoms. The molecule has 1 aromatic rings. The van der Waals surface area contributed by atoms with E-state index in [9.17, 15) is 4.79 Å². The molecule has 0 N–H and O–H groups in total. The Balaban J connectivity index is 1.61. The topological polar surface area (TPSA) is 32.8 Å². The van der Waals surface area contributed by atoms with Crippen LogP contribution in [0.3, 0.4) is 0 Å². The number of hydrogen-bond donors (Lipinski definition) is 0. The molecular weight excluding hydrogens is 320 g/mol. The standard InChI is InChI=1S/C19H28N2O2S/c1-14-10-20(11-15(2)23-14)13-19(22)21(17-6-7-17)12-16-4-8-18(24-3)9-5-16/h4-5,8-9,14-15,17H,6-7,10-13H2,1-3H3/t14-,15+. The zero-order valence-corrected chi connectivity index (χ0v) is 15.7. The first-order chi connectivity index (χ1) is 11.5. The first-order valence-corrected chi connectivity index (χ1v) is 10.1. The molecule has 1 heterocycles. The van der Waals surface area contributed by atoms with Crippen molar-refractivity contribution in [1.82, 2.24) is 9.80 Å². The van der Waals surface area contributed by atoms with Crippen molar-refractivity contribution in [2.24, 2.45) is 0 Å². The van der Waals surface area contributed by atoms with Crippen molar-refractivity contribution in [2.75, 3.05) is 25.9 Å². The summed E-state index contributed by atoms with van der Waals surface area (Å²) >= 11 is 1.75. The van der Waals surface area contributed by atoms with Crippen molar-refractivity contribution < 1.29 is 9.53 Å². The Morgan fingerprint density at radius 1 is 1.21 bits per heavy atom. The lowest BCUT2D eigenvalue weighted by Crippen LogP contribution is -2.50. The van der Waals surface area contributed by atoms with E-state index in [0.29, 0.717) is 12.6 Å². The van der Waals surface area contributed by atoms with E-state index in [1.807, 2.05) is 0 Å². The van der Waals surface area contributed by atoms with Crippen LogP contribution in [0, 0.1) is 0 Å². The fourth-order valence-electron chi connectivity index (χ4n) is 3.43. The van der Waals surface area contributed by atoms with Gasteiger partial charge in [0.05, 0.1) is 18.8 Å². The molecule has 2 atom stereocenters. The minimum Gasteiger partial charge on any atom is -0.373 e. The summed E-state index contributed by atoms with van der Waals surface area (Å²) in [6.07, 6.45) is 4.78. The maximum Gasteiger partial charge on any atom is 0.237 e. The predicted octanol–water partition coefficient (Wildman–Crippen LogP) is 3.01. The zero-order valence-electron chi connectivity index (χ0n) is 14.9. The summed E-state index contributed by atoms with van der Waals surface area (Å²) < 4.78 is 5.77. The molecule has 1 saturated heterocycles. The normalized spacial score (nSPS) is 24.8. The number of nitrogens with zero attached hydrogens (tertiary/aromatic N) is 2. The Bertz CT molecular complexity index is 549. The third kappa shape index (κ3) is 4.74. The first kappa shape index (κ1) is 17.8. The Kier molecular flexibility index (Phi) is 5.85. The number of rotatable bonds is 6. The van der Waals surface area contributed by atoms with E-state index >= 15 is 0 Å². The van der Waals surface area contributed by atoms with Crippen molar-refractivity contribution in [3.8, 4) is 0 Å². The summed E-state index contributed by atoms with van der Waals surface area (Å²) in [5.74, 6) is 0.257. The van der Waals surface area contributed by atoms with Gasteiger partial charge >= 0.3 is 0 Å². The van der Waals surface area contributed by atoms with Gasteiger partial charge in [-0.2, -0.15) is 0 Å². The van der Waals surface area contributed by atoms with Crippen LogP contribution in [0.1, 0.15) is 32.3 Å². The van der Waals surface area contributed by atoms with E-state index in [4.69, 9.17) is 4.74 Å². The summed E-state index contributed by atoms with van der Waals surface area (Å²) in [6.45, 7) is 7.09. The Morgan fingerprint density at radius 2 is 1.83 bits per heavy atom. The molecule has 24 heavy (non-hydrogen) atoms. The molecule has 2 fully saturated rings. The quantitative estimate of drug-likeness (QED) is 0.740. The summed E-state index contributed by atoms with van der Waals surface area (Å²) in [5, 5.41) is 0. The van der Waals surface area contributed by atoms with Gasteiger partial charge in [-0.05, 0) is 50.6 Å². The van der Waals surface area contributed by atoms with Crippen molar-refractivity contribution in [2.45, 2.75) is 56.4 Å². The Hall–Kier alpha value is -1.04. The van der Waals surface area contributed by atoms with Crippen molar-refractivity contribution >= 4 is 17.7 Å². The highest BCUT2D eigenvalue weighted by Crippen LogP contribution is 2.29. The van der Waals surface area contributed by atoms with Gasteiger partial charge in [0.15, 0.2) is 0 Å². The SMILES string of the molecule is CSc1ccc(CN(C(=O)CN2C[C@@H](C)O[C@@H](C)C2)C2CC2)cc1. The lowest BCUT2D eigenvalue weighted by Gasteiger charge is -2.36. The summed E-state index contributed by atoms with van der Waals surface area (Å²) in [6, 6.07) is 9.01. The van der Waals surface area contributed by atoms with Gasteiger partial charge < -0.3 is 9.64 Å². The number of amides is 1. The molecule has 1 saturated carbocycles. The molecular formula is C19H28N2O2S. The molecule has 0 unspecified atom stereocenters. The number of morpholine rings is 1. The van der Waals surface area contributed by atoms with E-state index in [0.717, 1.165) is 32.5 Å². The van der Waals surface area contributed by atoms with Crippen LogP contribution in [0.4, 0.5) is 0 Å². The lowest BCUT2D eigenvalue weighted by molar-refractivity contribution is -0.137. The van der Waals surface area contributed by atoms with Gasteiger partial charge in [0.2, 0.25) is 5.91 Å². The molecule has 1 aromatic carbocycles. The number of ether oxygens (including phenoxy) is 1. The van der Waals surface area contributed by atoms with Gasteiger partial charge in [-0.25, -0.2) is 0 Å². The predicted molar refractivity (Wildman–Crippen MR) is 98.2 cm³/mol. The summed E-state index contributed by atoms with van der Waals surface area (Å²) in [7, 11) is 0. The first-order valence-electron chi connectivity index (χ1n) is 8.85. The van der Waals surface area contributed by atoms with Crippen molar-refractivity contribution in [3.05, 3.63) is 29.8 Å². The third-order valence-electron chi connectivity index (χ3n) is 4.67. The van der Waals surface area contributed by atoms with Crippen molar-refractivity contribution in [1.29, 1.82) is 0 Å². The molecule has 3 rings (SSSR count). The molecule has 1 aliphatic carbocycles. The van der Waals surface area contributed by atoms with Gasteiger partial charge in [-0.3, -0.25) is 9.69 Å². The van der Waals surface area contributed by atoms with E-state index in [-0.39, 0.29) is 18.1 Å². The van der Waals surface area contributed by atoms with Crippen LogP contribution in [0.25, 0.3) is 0 Å². The number of hydrogen-bond acceptors (Lipinski definition) is 4.